The Morgan fingerprint density at radius 2 is 2.18 bits per heavy atom. The Morgan fingerprint density at radius 1 is 1.55 bits per heavy atom. The van der Waals surface area contributed by atoms with Crippen LogP contribution in [0.15, 0.2) is 16.9 Å². The van der Waals surface area contributed by atoms with E-state index in [0.717, 1.165) is 12.4 Å². The number of carboxylic acid groups (broad SMARTS) is 1. The van der Waals surface area contributed by atoms with Crippen molar-refractivity contribution in [3.63, 3.8) is 0 Å². The van der Waals surface area contributed by atoms with Gasteiger partial charge in [0.1, 0.15) is 5.75 Å². The number of hydrogen-bond acceptors (Lipinski definition) is 3. The summed E-state index contributed by atoms with van der Waals surface area (Å²) in [5.74, 6) is -1.30. The first kappa shape index (κ1) is 8.00. The molecule has 0 bridgehead atoms. The van der Waals surface area contributed by atoms with Gasteiger partial charge >= 0.3 is 5.97 Å². The highest BCUT2D eigenvalue weighted by molar-refractivity contribution is 9.10. The highest BCUT2D eigenvalue weighted by Gasteiger charge is 2.10. The van der Waals surface area contributed by atoms with E-state index >= 15 is 0 Å². The maximum absolute atomic E-state index is 10.4. The summed E-state index contributed by atoms with van der Waals surface area (Å²) in [5.41, 5.74) is -0.0509. The van der Waals surface area contributed by atoms with Gasteiger partial charge in [-0.3, -0.25) is 4.98 Å². The Hall–Kier alpha value is -1.10. The first-order valence-corrected chi connectivity index (χ1v) is 3.48. The zero-order valence-electron chi connectivity index (χ0n) is 5.28. The summed E-state index contributed by atoms with van der Waals surface area (Å²) in [7, 11) is 0. The summed E-state index contributed by atoms with van der Waals surface area (Å²) in [6.45, 7) is 0. The van der Waals surface area contributed by atoms with E-state index in [1.54, 1.807) is 0 Å². The lowest BCUT2D eigenvalue weighted by Gasteiger charge is -1.98. The number of nitrogens with zero attached hydrogens (tertiary/aromatic N) is 1. The van der Waals surface area contributed by atoms with Crippen LogP contribution in [0.3, 0.4) is 0 Å². The number of halogens is 1. The molecule has 0 aromatic carbocycles. The highest BCUT2D eigenvalue weighted by Crippen LogP contribution is 2.25. The van der Waals surface area contributed by atoms with Gasteiger partial charge < -0.3 is 10.2 Å². The largest absolute Gasteiger partial charge is 0.505 e. The third kappa shape index (κ3) is 1.48. The van der Waals surface area contributed by atoms with Crippen molar-refractivity contribution in [3.05, 3.63) is 22.4 Å². The Balaban J connectivity index is 3.27. The minimum atomic E-state index is -1.12. The zero-order chi connectivity index (χ0) is 8.43. The third-order valence-corrected chi connectivity index (χ3v) is 1.93. The Bertz CT molecular complexity index is 300. The number of pyridine rings is 1. The second-order valence-electron chi connectivity index (χ2n) is 1.83. The molecule has 0 aliphatic heterocycles. The van der Waals surface area contributed by atoms with Crippen LogP contribution in [0.5, 0.6) is 5.75 Å². The molecule has 0 radical (unpaired) electrons. The van der Waals surface area contributed by atoms with Gasteiger partial charge in [-0.15, -0.1) is 0 Å². The van der Waals surface area contributed by atoms with Crippen molar-refractivity contribution in [1.29, 1.82) is 0 Å². The minimum absolute atomic E-state index is 0.0509. The van der Waals surface area contributed by atoms with E-state index < -0.39 is 5.97 Å². The molecule has 1 heterocycles. The first-order valence-electron chi connectivity index (χ1n) is 2.68. The van der Waals surface area contributed by atoms with Crippen molar-refractivity contribution < 1.29 is 15.0 Å². The molecule has 0 spiro atoms. The molecule has 0 aliphatic rings. The second kappa shape index (κ2) is 2.87. The van der Waals surface area contributed by atoms with E-state index in [0.29, 0.717) is 0 Å². The van der Waals surface area contributed by atoms with Crippen molar-refractivity contribution in [2.75, 3.05) is 0 Å². The van der Waals surface area contributed by atoms with Crippen LogP contribution in [-0.4, -0.2) is 21.2 Å². The molecular weight excluding hydrogens is 214 g/mol. The molecule has 0 aliphatic carbocycles. The molecule has 2 N–H and O–H groups in total. The number of carbonyl (C=O) groups is 1. The maximum atomic E-state index is 10.4. The summed E-state index contributed by atoms with van der Waals surface area (Å²) >= 11 is 2.91. The van der Waals surface area contributed by atoms with Gasteiger partial charge in [-0.05, 0) is 15.9 Å². The Labute approximate surface area is 70.6 Å². The number of aromatic nitrogens is 1. The summed E-state index contributed by atoms with van der Waals surface area (Å²) in [6.07, 6.45) is 2.32. The summed E-state index contributed by atoms with van der Waals surface area (Å²) in [4.78, 5) is 13.9. The molecule has 58 valence electrons. The molecule has 0 saturated carbocycles. The Kier molecular flexibility index (Phi) is 2.09. The van der Waals surface area contributed by atoms with Gasteiger partial charge in [0.05, 0.1) is 16.2 Å². The molecule has 4 nitrogen and oxygen atoms in total. The fraction of sp³-hybridized carbons (Fsp3) is 0. The van der Waals surface area contributed by atoms with Crippen LogP contribution in [0, 0.1) is 0 Å². The van der Waals surface area contributed by atoms with Crippen LogP contribution >= 0.6 is 15.9 Å². The van der Waals surface area contributed by atoms with Gasteiger partial charge in [0.15, 0.2) is 0 Å². The SMILES string of the molecule is O=C(O)c1cncc(O)c1Br. The van der Waals surface area contributed by atoms with Crippen molar-refractivity contribution in [2.45, 2.75) is 0 Å². The smallest absolute Gasteiger partial charge is 0.338 e. The lowest BCUT2D eigenvalue weighted by molar-refractivity contribution is 0.0695. The van der Waals surface area contributed by atoms with Gasteiger partial charge in [0.2, 0.25) is 0 Å². The lowest BCUT2D eigenvalue weighted by Crippen LogP contribution is -1.98. The highest BCUT2D eigenvalue weighted by atomic mass is 79.9. The molecule has 5 heteroatoms. The summed E-state index contributed by atoms with van der Waals surface area (Å²) in [6, 6.07) is 0. The van der Waals surface area contributed by atoms with Crippen LogP contribution in [0.4, 0.5) is 0 Å². The number of hydrogen-bond donors (Lipinski definition) is 2. The summed E-state index contributed by atoms with van der Waals surface area (Å²) in [5, 5.41) is 17.5. The number of rotatable bonds is 1. The summed E-state index contributed by atoms with van der Waals surface area (Å²) < 4.78 is 0.153. The molecule has 0 amide bonds. The van der Waals surface area contributed by atoms with Gasteiger partial charge in [0.25, 0.3) is 0 Å². The van der Waals surface area contributed by atoms with Crippen molar-refractivity contribution in [1.82, 2.24) is 4.98 Å². The molecule has 0 saturated heterocycles. The molecule has 0 unspecified atom stereocenters. The van der Waals surface area contributed by atoms with Crippen molar-refractivity contribution in [3.8, 4) is 5.75 Å². The molecule has 0 atom stereocenters. The Morgan fingerprint density at radius 3 is 2.64 bits per heavy atom. The van der Waals surface area contributed by atoms with Gasteiger partial charge in [-0.25, -0.2) is 4.79 Å². The van der Waals surface area contributed by atoms with Gasteiger partial charge in [0, 0.05) is 6.20 Å². The molecule has 1 aromatic rings. The quantitative estimate of drug-likeness (QED) is 0.743. The molecule has 11 heavy (non-hydrogen) atoms. The van der Waals surface area contributed by atoms with Crippen LogP contribution in [0.1, 0.15) is 10.4 Å². The number of aromatic hydroxyl groups is 1. The van der Waals surface area contributed by atoms with E-state index in [9.17, 15) is 4.79 Å². The zero-order valence-corrected chi connectivity index (χ0v) is 6.87. The monoisotopic (exact) mass is 217 g/mol. The lowest BCUT2D eigenvalue weighted by atomic mass is 10.3. The fourth-order valence-corrected chi connectivity index (χ4v) is 0.957. The van der Waals surface area contributed by atoms with E-state index in [1.165, 1.54) is 0 Å². The maximum Gasteiger partial charge on any atom is 0.338 e. The van der Waals surface area contributed by atoms with Crippen LogP contribution in [-0.2, 0) is 0 Å². The fourth-order valence-electron chi connectivity index (χ4n) is 0.583. The van der Waals surface area contributed by atoms with Crippen LogP contribution < -0.4 is 0 Å². The molecule has 0 fully saturated rings. The van der Waals surface area contributed by atoms with Crippen molar-refractivity contribution in [2.24, 2.45) is 0 Å². The van der Waals surface area contributed by atoms with E-state index in [4.69, 9.17) is 10.2 Å². The number of aromatic carboxylic acids is 1. The number of carboxylic acids is 1. The predicted molar refractivity (Wildman–Crippen MR) is 40.6 cm³/mol. The average Bonchev–Trinajstić information content (AvgIpc) is 1.94. The van der Waals surface area contributed by atoms with E-state index in [1.807, 2.05) is 0 Å². The average molecular weight is 218 g/mol. The standard InChI is InChI=1S/C6H4BrNO3/c7-5-3(6(10)11)1-8-2-4(5)9/h1-2,9H,(H,10,11). The second-order valence-corrected chi connectivity index (χ2v) is 2.62. The van der Waals surface area contributed by atoms with Gasteiger partial charge in [-0.1, -0.05) is 0 Å². The van der Waals surface area contributed by atoms with E-state index in [-0.39, 0.29) is 15.8 Å². The third-order valence-electron chi connectivity index (χ3n) is 1.09. The van der Waals surface area contributed by atoms with Crippen molar-refractivity contribution >= 4 is 21.9 Å². The van der Waals surface area contributed by atoms with E-state index in [2.05, 4.69) is 20.9 Å². The minimum Gasteiger partial charge on any atom is -0.505 e. The molecular formula is C6H4BrNO3. The molecule has 1 rings (SSSR count). The van der Waals surface area contributed by atoms with Crippen LogP contribution in [0.2, 0.25) is 0 Å². The molecule has 1 aromatic heterocycles. The normalized spacial score (nSPS) is 9.55. The predicted octanol–water partition coefficient (Wildman–Crippen LogP) is 1.25. The topological polar surface area (TPSA) is 70.4 Å². The first-order chi connectivity index (χ1) is 5.13. The van der Waals surface area contributed by atoms with Gasteiger partial charge in [-0.2, -0.15) is 0 Å². The van der Waals surface area contributed by atoms with Crippen LogP contribution in [0.25, 0.3) is 0 Å².